The van der Waals surface area contributed by atoms with Gasteiger partial charge in [-0.05, 0) is 39.2 Å². The minimum Gasteiger partial charge on any atom is -0.366 e. The number of likely N-dealkylation sites (N-methyl/N-ethyl adjacent to an activating group) is 2. The van der Waals surface area contributed by atoms with Crippen LogP contribution >= 0.6 is 20.7 Å². The molecule has 2 atom stereocenters. The monoisotopic (exact) mass is 304 g/mol. The molecule has 1 heterocycles. The van der Waals surface area contributed by atoms with Crippen LogP contribution in [0.15, 0.2) is 0 Å². The molecule has 1 saturated heterocycles. The summed E-state index contributed by atoms with van der Waals surface area (Å²) < 4.78 is 11.0. The van der Waals surface area contributed by atoms with Crippen LogP contribution in [0.25, 0.3) is 0 Å². The minimum absolute atomic E-state index is 0.590. The average molecular weight is 304 g/mol. The molecule has 110 valence electrons. The Labute approximate surface area is 123 Å². The topological polar surface area (TPSA) is 39.8 Å². The van der Waals surface area contributed by atoms with E-state index in [-0.39, 0.29) is 0 Å². The molecule has 19 heavy (non-hydrogen) atoms. The lowest BCUT2D eigenvalue weighted by Crippen LogP contribution is -2.37. The zero-order chi connectivity index (χ0) is 13.8. The van der Waals surface area contributed by atoms with Crippen molar-refractivity contribution in [2.45, 2.75) is 37.8 Å². The largest absolute Gasteiger partial charge is 0.366 e. The van der Waals surface area contributed by atoms with Crippen molar-refractivity contribution in [2.75, 3.05) is 34.3 Å². The van der Waals surface area contributed by atoms with E-state index in [4.69, 9.17) is 16.7 Å². The molecule has 0 bridgehead atoms. The Morgan fingerprint density at radius 3 is 2.37 bits per heavy atom. The maximum Gasteiger partial charge on any atom is 0.188 e. The van der Waals surface area contributed by atoms with Crippen molar-refractivity contribution < 1.29 is 4.52 Å². The highest BCUT2D eigenvalue weighted by Gasteiger charge is 2.45. The lowest BCUT2D eigenvalue weighted by molar-refractivity contribution is 0.233. The Morgan fingerprint density at radius 2 is 1.84 bits per heavy atom. The zero-order valence-electron chi connectivity index (χ0n) is 12.1. The fourth-order valence-electron chi connectivity index (χ4n) is 3.00. The number of fused-ring (bicyclic) bond motifs is 1. The van der Waals surface area contributed by atoms with Crippen LogP contribution in [0.3, 0.4) is 0 Å². The van der Waals surface area contributed by atoms with Gasteiger partial charge in [-0.15, -0.1) is 0 Å². The molecule has 0 spiro atoms. The van der Waals surface area contributed by atoms with E-state index in [1.807, 2.05) is 7.05 Å². The molecule has 5 nitrogen and oxygen atoms in total. The van der Waals surface area contributed by atoms with Crippen molar-refractivity contribution in [1.29, 1.82) is 0 Å². The summed E-state index contributed by atoms with van der Waals surface area (Å²) in [5.74, 6) is 0. The van der Waals surface area contributed by atoms with Crippen LogP contribution in [0.1, 0.15) is 25.7 Å². The molecule has 0 aromatic rings. The third-order valence-corrected chi connectivity index (χ3v) is 6.45. The molecule has 0 radical (unpaired) electrons. The third-order valence-electron chi connectivity index (χ3n) is 4.02. The summed E-state index contributed by atoms with van der Waals surface area (Å²) in [4.78, 5) is 0. The zero-order valence-corrected chi connectivity index (χ0v) is 13.8. The van der Waals surface area contributed by atoms with Crippen LogP contribution in [0.4, 0.5) is 0 Å². The van der Waals surface area contributed by atoms with Crippen molar-refractivity contribution in [1.82, 2.24) is 20.0 Å². The molecule has 1 saturated carbocycles. The van der Waals surface area contributed by atoms with Crippen LogP contribution in [-0.2, 0) is 4.52 Å². The molecule has 1 aliphatic heterocycles. The highest BCUT2D eigenvalue weighted by Crippen LogP contribution is 2.55. The molecule has 2 aliphatic rings. The van der Waals surface area contributed by atoms with Gasteiger partial charge in [-0.25, -0.2) is 9.34 Å². The van der Waals surface area contributed by atoms with E-state index < -0.39 is 8.45 Å². The van der Waals surface area contributed by atoms with Gasteiger partial charge in [0.05, 0.1) is 6.61 Å². The van der Waals surface area contributed by atoms with E-state index in [0.29, 0.717) is 23.8 Å². The molecule has 1 aliphatic carbocycles. The first kappa shape index (κ1) is 15.4. The molecule has 0 aromatic carbocycles. The van der Waals surface area contributed by atoms with Crippen LogP contribution in [0.5, 0.6) is 0 Å². The van der Waals surface area contributed by atoms with Gasteiger partial charge in [-0.2, -0.15) is 0 Å². The first-order valence-corrected chi connectivity index (χ1v) is 8.56. The summed E-state index contributed by atoms with van der Waals surface area (Å²) >= 11 is 5.04. The average Bonchev–Trinajstić information content (AvgIpc) is 2.68. The fourth-order valence-corrected chi connectivity index (χ4v) is 5.21. The van der Waals surface area contributed by atoms with E-state index in [0.717, 1.165) is 6.54 Å². The second-order valence-electron chi connectivity index (χ2n) is 5.16. The van der Waals surface area contributed by atoms with Crippen molar-refractivity contribution in [3.8, 4) is 0 Å². The number of nitrogens with one attached hydrogen (secondary N) is 2. The van der Waals surface area contributed by atoms with E-state index >= 15 is 0 Å². The smallest absolute Gasteiger partial charge is 0.188 e. The number of rotatable bonds is 4. The molecule has 0 amide bonds. The highest BCUT2D eigenvalue weighted by molar-refractivity contribution is 7.80. The van der Waals surface area contributed by atoms with Crippen molar-refractivity contribution in [2.24, 2.45) is 0 Å². The highest BCUT2D eigenvalue weighted by atomic mass is 32.1. The van der Waals surface area contributed by atoms with Gasteiger partial charge >= 0.3 is 0 Å². The Hall–Kier alpha value is -0.0000000000000000416. The number of thiocarbonyl (C=S) groups is 1. The molecule has 2 N–H and O–H groups in total. The predicted molar refractivity (Wildman–Crippen MR) is 84.1 cm³/mol. The molecular formula is C12H25N4OPS. The quantitative estimate of drug-likeness (QED) is 0.466. The van der Waals surface area contributed by atoms with Gasteiger partial charge in [0.15, 0.2) is 13.6 Å². The summed E-state index contributed by atoms with van der Waals surface area (Å²) in [5, 5.41) is 6.70. The Balaban J connectivity index is 1.78. The number of nitrogens with zero attached hydrogens (tertiary/aromatic N) is 2. The molecule has 0 unspecified atom stereocenters. The van der Waals surface area contributed by atoms with Crippen LogP contribution < -0.4 is 10.6 Å². The van der Waals surface area contributed by atoms with Gasteiger partial charge < -0.3 is 15.2 Å². The van der Waals surface area contributed by atoms with Gasteiger partial charge in [0.1, 0.15) is 0 Å². The number of hydrogen-bond acceptors (Lipinski definition) is 4. The molecule has 2 fully saturated rings. The molecule has 7 heteroatoms. The van der Waals surface area contributed by atoms with Gasteiger partial charge in [0.25, 0.3) is 0 Å². The predicted octanol–water partition coefficient (Wildman–Crippen LogP) is 1.51. The van der Waals surface area contributed by atoms with Gasteiger partial charge in [-0.3, -0.25) is 0 Å². The van der Waals surface area contributed by atoms with Crippen LogP contribution in [0, 0.1) is 0 Å². The van der Waals surface area contributed by atoms with E-state index in [1.165, 1.54) is 25.7 Å². The molecular weight excluding hydrogens is 279 g/mol. The first-order chi connectivity index (χ1) is 9.15. The summed E-state index contributed by atoms with van der Waals surface area (Å²) in [6, 6.07) is 1.38. The summed E-state index contributed by atoms with van der Waals surface area (Å²) in [6.45, 7) is 1.46. The summed E-state index contributed by atoms with van der Waals surface area (Å²) in [7, 11) is 5.66. The molecule has 2 rings (SSSR count). The Bertz CT molecular complexity index is 302. The Morgan fingerprint density at radius 1 is 1.26 bits per heavy atom. The van der Waals surface area contributed by atoms with Gasteiger partial charge in [0, 0.05) is 25.7 Å². The van der Waals surface area contributed by atoms with Crippen LogP contribution in [-0.4, -0.2) is 60.8 Å². The third kappa shape index (κ3) is 3.56. The van der Waals surface area contributed by atoms with E-state index in [2.05, 4.69) is 34.1 Å². The maximum absolute atomic E-state index is 6.08. The summed E-state index contributed by atoms with van der Waals surface area (Å²) in [6.07, 6.45) is 5.35. The van der Waals surface area contributed by atoms with E-state index in [1.54, 1.807) is 0 Å². The second kappa shape index (κ2) is 7.14. The standard InChI is InChI=1S/C12H25N4OPS/c1-13-12(19)14-8-9-17-18-15(2)10-6-4-5-7-11(10)16(18)3/h10-11H,4-9H2,1-3H3,(H2,13,14,19)/t10-,11-/m1/s1. The van der Waals surface area contributed by atoms with Crippen molar-refractivity contribution in [3.63, 3.8) is 0 Å². The summed E-state index contributed by atoms with van der Waals surface area (Å²) in [5.41, 5.74) is 0. The Kier molecular flexibility index (Phi) is 5.78. The second-order valence-corrected chi connectivity index (χ2v) is 7.59. The van der Waals surface area contributed by atoms with Gasteiger partial charge in [-0.1, -0.05) is 12.8 Å². The SMILES string of the molecule is CNC(=S)NCCOP1N(C)[C@@H]2CCCC[C@H]2N1C. The molecule has 0 aromatic heterocycles. The number of hydrogen-bond donors (Lipinski definition) is 2. The van der Waals surface area contributed by atoms with Gasteiger partial charge in [0.2, 0.25) is 0 Å². The lowest BCUT2D eigenvalue weighted by atomic mass is 9.91. The fraction of sp³-hybridized carbons (Fsp3) is 0.917. The minimum atomic E-state index is -0.590. The van der Waals surface area contributed by atoms with Crippen LogP contribution in [0.2, 0.25) is 0 Å². The van der Waals surface area contributed by atoms with E-state index in [9.17, 15) is 0 Å². The normalized spacial score (nSPS) is 29.2. The van der Waals surface area contributed by atoms with Crippen molar-refractivity contribution in [3.05, 3.63) is 0 Å². The van der Waals surface area contributed by atoms with Crippen molar-refractivity contribution >= 4 is 25.8 Å². The lowest BCUT2D eigenvalue weighted by Gasteiger charge is -2.28. The first-order valence-electron chi connectivity index (χ1n) is 6.99. The maximum atomic E-state index is 6.08.